The van der Waals surface area contributed by atoms with Crippen LogP contribution < -0.4 is 14.8 Å². The highest BCUT2D eigenvalue weighted by molar-refractivity contribution is 5.94. The topological polar surface area (TPSA) is 103 Å². The number of methoxy groups -OCH3 is 1. The van der Waals surface area contributed by atoms with Gasteiger partial charge in [-0.3, -0.25) is 4.79 Å². The maximum atomic E-state index is 12.3. The van der Waals surface area contributed by atoms with E-state index in [1.807, 2.05) is 35.2 Å². The Labute approximate surface area is 201 Å². The van der Waals surface area contributed by atoms with Crippen LogP contribution >= 0.6 is 0 Å². The molecule has 0 aliphatic carbocycles. The first-order chi connectivity index (χ1) is 17.1. The molecule has 2 aliphatic rings. The van der Waals surface area contributed by atoms with Gasteiger partial charge in [0, 0.05) is 47.5 Å². The number of hydrogen-bond donors (Lipinski definition) is 1. The second-order valence-electron chi connectivity index (χ2n) is 8.99. The summed E-state index contributed by atoms with van der Waals surface area (Å²) in [5.41, 5.74) is 2.32. The monoisotopic (exact) mass is 471 g/mol. The minimum Gasteiger partial charge on any atom is -0.493 e. The number of ether oxygens (including phenoxy) is 2. The zero-order valence-electron chi connectivity index (χ0n) is 19.3. The fourth-order valence-electron chi connectivity index (χ4n) is 5.37. The van der Waals surface area contributed by atoms with Crippen LogP contribution in [0.15, 0.2) is 60.0 Å². The molecule has 2 aliphatic heterocycles. The number of carbonyl (C=O) groups excluding carboxylic acids is 1. The molecule has 0 saturated carbocycles. The summed E-state index contributed by atoms with van der Waals surface area (Å²) < 4.78 is 17.3. The molecule has 2 fully saturated rings. The summed E-state index contributed by atoms with van der Waals surface area (Å²) in [6.45, 7) is 3.66. The lowest BCUT2D eigenvalue weighted by Gasteiger charge is -2.38. The van der Waals surface area contributed by atoms with Gasteiger partial charge in [0.25, 0.3) is 0 Å². The largest absolute Gasteiger partial charge is 0.493 e. The Morgan fingerprint density at radius 3 is 2.77 bits per heavy atom. The van der Waals surface area contributed by atoms with Crippen molar-refractivity contribution in [1.82, 2.24) is 20.0 Å². The maximum absolute atomic E-state index is 12.3. The van der Waals surface area contributed by atoms with Gasteiger partial charge in [-0.1, -0.05) is 11.7 Å². The molecule has 0 radical (unpaired) electrons. The van der Waals surface area contributed by atoms with Crippen molar-refractivity contribution in [1.29, 1.82) is 0 Å². The van der Waals surface area contributed by atoms with Crippen molar-refractivity contribution in [3.8, 4) is 11.5 Å². The van der Waals surface area contributed by atoms with Crippen molar-refractivity contribution in [3.05, 3.63) is 55.5 Å². The average Bonchev–Trinajstić information content (AvgIpc) is 3.45. The zero-order valence-corrected chi connectivity index (χ0v) is 19.3. The minimum absolute atomic E-state index is 0.00949. The number of nitrogens with one attached hydrogen (secondary N) is 1. The van der Waals surface area contributed by atoms with Crippen molar-refractivity contribution in [2.24, 2.45) is 0 Å². The molecule has 1 N–H and O–H groups in total. The Kier molecular flexibility index (Phi) is 5.24. The van der Waals surface area contributed by atoms with Gasteiger partial charge in [-0.2, -0.15) is 0 Å². The SMILES string of the molecule is C=CC(=O)N1[C@@H]2CC[C@H]1C[C@H](Oc1cc3c(Nc4ccc5oncc5c4)ncnc3cc1OC)C2. The second-order valence-corrected chi connectivity index (χ2v) is 8.99. The van der Waals surface area contributed by atoms with Gasteiger partial charge < -0.3 is 24.2 Å². The fourth-order valence-corrected chi connectivity index (χ4v) is 5.37. The lowest BCUT2D eigenvalue weighted by molar-refractivity contribution is -0.131. The molecular formula is C26H25N5O4. The van der Waals surface area contributed by atoms with E-state index in [-0.39, 0.29) is 24.1 Å². The Morgan fingerprint density at radius 1 is 1.17 bits per heavy atom. The fraction of sp³-hybridized carbons (Fsp3) is 0.308. The summed E-state index contributed by atoms with van der Waals surface area (Å²) in [6, 6.07) is 9.89. The molecule has 0 unspecified atom stereocenters. The van der Waals surface area contributed by atoms with E-state index in [0.717, 1.165) is 53.2 Å². The normalized spacial score (nSPS) is 21.3. The molecule has 9 heteroatoms. The molecule has 3 atom stereocenters. The number of fused-ring (bicyclic) bond motifs is 4. The molecule has 4 aromatic rings. The molecule has 2 bridgehead atoms. The molecule has 35 heavy (non-hydrogen) atoms. The highest BCUT2D eigenvalue weighted by atomic mass is 16.5. The van der Waals surface area contributed by atoms with Crippen LogP contribution in [0.5, 0.6) is 11.5 Å². The smallest absolute Gasteiger partial charge is 0.246 e. The van der Waals surface area contributed by atoms with Crippen molar-refractivity contribution < 1.29 is 18.8 Å². The Balaban J connectivity index is 1.30. The molecule has 1 amide bonds. The molecule has 2 aromatic heterocycles. The molecule has 0 spiro atoms. The van der Waals surface area contributed by atoms with Gasteiger partial charge in [0.1, 0.15) is 18.2 Å². The molecule has 2 saturated heterocycles. The summed E-state index contributed by atoms with van der Waals surface area (Å²) in [5, 5.41) is 8.92. The number of piperidine rings is 1. The first-order valence-corrected chi connectivity index (χ1v) is 11.7. The molecular weight excluding hydrogens is 446 g/mol. The number of nitrogens with zero attached hydrogens (tertiary/aromatic N) is 4. The van der Waals surface area contributed by atoms with Crippen LogP contribution in [-0.4, -0.2) is 51.2 Å². The van der Waals surface area contributed by atoms with E-state index in [1.54, 1.807) is 13.3 Å². The van der Waals surface area contributed by atoms with Crippen molar-refractivity contribution in [2.45, 2.75) is 43.9 Å². The Morgan fingerprint density at radius 2 is 2.00 bits per heavy atom. The van der Waals surface area contributed by atoms with Gasteiger partial charge >= 0.3 is 0 Å². The molecule has 9 nitrogen and oxygen atoms in total. The second kappa shape index (κ2) is 8.57. The van der Waals surface area contributed by atoms with Gasteiger partial charge in [0.05, 0.1) is 18.8 Å². The van der Waals surface area contributed by atoms with E-state index in [2.05, 4.69) is 27.0 Å². The lowest BCUT2D eigenvalue weighted by Crippen LogP contribution is -2.48. The maximum Gasteiger partial charge on any atom is 0.246 e. The number of anilines is 2. The van der Waals surface area contributed by atoms with Crippen LogP contribution in [0.4, 0.5) is 11.5 Å². The van der Waals surface area contributed by atoms with Gasteiger partial charge in [-0.05, 0) is 43.2 Å². The minimum atomic E-state index is -0.00949. The summed E-state index contributed by atoms with van der Waals surface area (Å²) >= 11 is 0. The van der Waals surface area contributed by atoms with Crippen LogP contribution in [-0.2, 0) is 4.79 Å². The van der Waals surface area contributed by atoms with Crippen LogP contribution in [0.2, 0.25) is 0 Å². The summed E-state index contributed by atoms with van der Waals surface area (Å²) in [4.78, 5) is 23.2. The van der Waals surface area contributed by atoms with E-state index in [1.165, 1.54) is 12.4 Å². The van der Waals surface area contributed by atoms with Crippen LogP contribution in [0.3, 0.4) is 0 Å². The molecule has 2 aromatic carbocycles. The summed E-state index contributed by atoms with van der Waals surface area (Å²) in [5.74, 6) is 1.92. The third-order valence-corrected chi connectivity index (χ3v) is 6.95. The van der Waals surface area contributed by atoms with Crippen LogP contribution in [0.1, 0.15) is 25.7 Å². The van der Waals surface area contributed by atoms with Crippen LogP contribution in [0, 0.1) is 0 Å². The number of benzene rings is 2. The number of hydrogen-bond acceptors (Lipinski definition) is 8. The molecule has 6 rings (SSSR count). The summed E-state index contributed by atoms with van der Waals surface area (Å²) in [6.07, 6.45) is 8.16. The van der Waals surface area contributed by atoms with Gasteiger partial charge in [0.15, 0.2) is 17.1 Å². The predicted molar refractivity (Wildman–Crippen MR) is 131 cm³/mol. The number of aromatic nitrogens is 3. The van der Waals surface area contributed by atoms with Crippen molar-refractivity contribution >= 4 is 39.3 Å². The van der Waals surface area contributed by atoms with E-state index >= 15 is 0 Å². The quantitative estimate of drug-likeness (QED) is 0.407. The van der Waals surface area contributed by atoms with Crippen molar-refractivity contribution in [2.75, 3.05) is 12.4 Å². The number of rotatable bonds is 6. The van der Waals surface area contributed by atoms with Gasteiger partial charge in [0.2, 0.25) is 5.91 Å². The molecule has 4 heterocycles. The first kappa shape index (κ1) is 21.4. The zero-order chi connectivity index (χ0) is 23.9. The third kappa shape index (κ3) is 3.82. The highest BCUT2D eigenvalue weighted by Crippen LogP contribution is 2.40. The van der Waals surface area contributed by atoms with Crippen LogP contribution in [0.25, 0.3) is 21.9 Å². The number of carbonyl (C=O) groups is 1. The van der Waals surface area contributed by atoms with E-state index in [0.29, 0.717) is 17.3 Å². The first-order valence-electron chi connectivity index (χ1n) is 11.7. The highest BCUT2D eigenvalue weighted by Gasteiger charge is 2.43. The Hall–Kier alpha value is -4.14. The van der Waals surface area contributed by atoms with Gasteiger partial charge in [-0.15, -0.1) is 0 Å². The van der Waals surface area contributed by atoms with Crippen molar-refractivity contribution in [3.63, 3.8) is 0 Å². The summed E-state index contributed by atoms with van der Waals surface area (Å²) in [7, 11) is 1.62. The predicted octanol–water partition coefficient (Wildman–Crippen LogP) is 4.61. The average molecular weight is 472 g/mol. The van der Waals surface area contributed by atoms with E-state index < -0.39 is 0 Å². The third-order valence-electron chi connectivity index (χ3n) is 6.95. The number of amides is 1. The molecule has 178 valence electrons. The van der Waals surface area contributed by atoms with E-state index in [9.17, 15) is 4.79 Å². The van der Waals surface area contributed by atoms with E-state index in [4.69, 9.17) is 14.0 Å². The Bertz CT molecular complexity index is 1420. The lowest BCUT2D eigenvalue weighted by atomic mass is 9.99. The van der Waals surface area contributed by atoms with Gasteiger partial charge in [-0.25, -0.2) is 9.97 Å². The standard InChI is InChI=1S/C26H25N5O4/c1-3-25(32)31-17-5-6-18(31)10-19(9-17)34-24-11-20-21(12-23(24)33-2)27-14-28-26(20)30-16-4-7-22-15(8-16)13-29-35-22/h3-4,7-8,11-14,17-19H,1,5-6,9-10H2,2H3,(H,27,28,30)/t17-,18+,19-.